The summed E-state index contributed by atoms with van der Waals surface area (Å²) < 4.78 is 29.5. The van der Waals surface area contributed by atoms with E-state index in [0.29, 0.717) is 5.75 Å². The molecule has 0 aliphatic carbocycles. The Morgan fingerprint density at radius 2 is 1.96 bits per heavy atom. The number of para-hydroxylation sites is 2. The van der Waals surface area contributed by atoms with Crippen molar-refractivity contribution in [1.29, 1.82) is 0 Å². The van der Waals surface area contributed by atoms with Gasteiger partial charge in [0.1, 0.15) is 18.2 Å². The fraction of sp³-hybridized carbons (Fsp3) is 0.350. The summed E-state index contributed by atoms with van der Waals surface area (Å²) >= 11 is 0. The summed E-state index contributed by atoms with van der Waals surface area (Å²) in [4.78, 5) is 10.6. The maximum atomic E-state index is 12.2. The van der Waals surface area contributed by atoms with E-state index in [1.54, 1.807) is 12.1 Å². The van der Waals surface area contributed by atoms with Crippen LogP contribution in [0.15, 0.2) is 48.5 Å². The van der Waals surface area contributed by atoms with Crippen LogP contribution in [0.1, 0.15) is 30.3 Å². The number of aromatic nitrogens is 2. The van der Waals surface area contributed by atoms with Crippen molar-refractivity contribution in [1.82, 2.24) is 14.9 Å². The fourth-order valence-corrected chi connectivity index (χ4v) is 3.54. The number of alkyl halides is 2. The van der Waals surface area contributed by atoms with Crippen molar-refractivity contribution < 1.29 is 13.5 Å². The number of imidazole rings is 1. The maximum Gasteiger partial charge on any atom is 0.272 e. The van der Waals surface area contributed by atoms with Gasteiger partial charge in [-0.2, -0.15) is 0 Å². The first kappa shape index (κ1) is 17.0. The Morgan fingerprint density at radius 1 is 1.15 bits per heavy atom. The topological polar surface area (TPSA) is 41.1 Å². The lowest BCUT2D eigenvalue weighted by molar-refractivity contribution is 0.0819. The quantitative estimate of drug-likeness (QED) is 0.704. The van der Waals surface area contributed by atoms with Crippen LogP contribution in [-0.4, -0.2) is 34.4 Å². The van der Waals surface area contributed by atoms with Gasteiger partial charge in [-0.1, -0.05) is 24.3 Å². The molecule has 0 saturated carbocycles. The number of aromatic amines is 1. The average Bonchev–Trinajstić information content (AvgIpc) is 3.27. The maximum absolute atomic E-state index is 12.2. The average molecular weight is 357 g/mol. The normalized spacial score (nSPS) is 18.0. The Bertz CT molecular complexity index is 830. The summed E-state index contributed by atoms with van der Waals surface area (Å²) in [5, 5.41) is 0. The van der Waals surface area contributed by atoms with Crippen molar-refractivity contribution >= 4 is 11.0 Å². The standard InChI is InChI=1S/C20H21F2N3O/c21-19(22)13-26-15-9-7-14(8-10-15)12-25-11-3-6-18(25)20-23-16-4-1-2-5-17(16)24-20/h1-2,4-5,7-10,18-19H,3,6,11-13H2,(H,23,24)/t18-/m1/s1. The number of H-pyrrole nitrogens is 1. The van der Waals surface area contributed by atoms with Crippen LogP contribution >= 0.6 is 0 Å². The molecule has 1 saturated heterocycles. The van der Waals surface area contributed by atoms with Gasteiger partial charge in [0.15, 0.2) is 0 Å². The Morgan fingerprint density at radius 3 is 2.73 bits per heavy atom. The zero-order valence-corrected chi connectivity index (χ0v) is 14.4. The molecule has 0 spiro atoms. The summed E-state index contributed by atoms with van der Waals surface area (Å²) in [5.74, 6) is 1.49. The lowest BCUT2D eigenvalue weighted by Crippen LogP contribution is -2.23. The molecule has 26 heavy (non-hydrogen) atoms. The molecule has 1 atom stereocenters. The Balaban J connectivity index is 1.45. The van der Waals surface area contributed by atoms with Gasteiger partial charge in [-0.05, 0) is 49.2 Å². The van der Waals surface area contributed by atoms with E-state index in [4.69, 9.17) is 9.72 Å². The number of hydrogen-bond donors (Lipinski definition) is 1. The molecule has 136 valence electrons. The fourth-order valence-electron chi connectivity index (χ4n) is 3.54. The van der Waals surface area contributed by atoms with Crippen LogP contribution in [0.4, 0.5) is 8.78 Å². The van der Waals surface area contributed by atoms with Gasteiger partial charge in [0.2, 0.25) is 0 Å². The molecule has 1 N–H and O–H groups in total. The summed E-state index contributed by atoms with van der Waals surface area (Å²) in [6.07, 6.45) is -0.240. The van der Waals surface area contributed by atoms with E-state index in [1.807, 2.05) is 36.4 Å². The largest absolute Gasteiger partial charge is 0.488 e. The van der Waals surface area contributed by atoms with E-state index in [1.165, 1.54) is 0 Å². The molecule has 4 nitrogen and oxygen atoms in total. The first-order valence-corrected chi connectivity index (χ1v) is 8.87. The van der Waals surface area contributed by atoms with Crippen LogP contribution in [0, 0.1) is 0 Å². The summed E-state index contributed by atoms with van der Waals surface area (Å²) in [5.41, 5.74) is 3.20. The van der Waals surface area contributed by atoms with Gasteiger partial charge in [0.05, 0.1) is 17.1 Å². The molecule has 2 heterocycles. The lowest BCUT2D eigenvalue weighted by atomic mass is 10.1. The first-order valence-electron chi connectivity index (χ1n) is 8.87. The van der Waals surface area contributed by atoms with E-state index in [9.17, 15) is 8.78 Å². The molecule has 1 fully saturated rings. The second-order valence-electron chi connectivity index (χ2n) is 6.61. The zero-order chi connectivity index (χ0) is 17.9. The molecule has 1 aromatic heterocycles. The van der Waals surface area contributed by atoms with Crippen LogP contribution in [0.2, 0.25) is 0 Å². The summed E-state index contributed by atoms with van der Waals surface area (Å²) in [6, 6.07) is 15.7. The molecule has 0 radical (unpaired) electrons. The third-order valence-electron chi connectivity index (χ3n) is 4.77. The number of fused-ring (bicyclic) bond motifs is 1. The summed E-state index contributed by atoms with van der Waals surface area (Å²) in [6.45, 7) is 1.25. The molecular weight excluding hydrogens is 336 g/mol. The van der Waals surface area contributed by atoms with E-state index in [0.717, 1.165) is 48.4 Å². The Kier molecular flexibility index (Phi) is 4.84. The molecule has 0 unspecified atom stereocenters. The minimum absolute atomic E-state index is 0.275. The number of ether oxygens (including phenoxy) is 1. The van der Waals surface area contributed by atoms with Crippen molar-refractivity contribution in [3.05, 3.63) is 59.9 Å². The molecule has 1 aliphatic rings. The van der Waals surface area contributed by atoms with Gasteiger partial charge < -0.3 is 9.72 Å². The van der Waals surface area contributed by atoms with E-state index in [2.05, 4.69) is 9.88 Å². The monoisotopic (exact) mass is 357 g/mol. The van der Waals surface area contributed by atoms with Crippen molar-refractivity contribution in [3.8, 4) is 5.75 Å². The molecular formula is C20H21F2N3O. The van der Waals surface area contributed by atoms with Gasteiger partial charge in [-0.25, -0.2) is 13.8 Å². The minimum Gasteiger partial charge on any atom is -0.488 e. The van der Waals surface area contributed by atoms with E-state index in [-0.39, 0.29) is 6.04 Å². The van der Waals surface area contributed by atoms with Gasteiger partial charge in [0, 0.05) is 6.54 Å². The van der Waals surface area contributed by atoms with Gasteiger partial charge in [-0.3, -0.25) is 4.90 Å². The highest BCUT2D eigenvalue weighted by molar-refractivity contribution is 5.74. The van der Waals surface area contributed by atoms with Gasteiger partial charge in [0.25, 0.3) is 6.43 Å². The Labute approximate surface area is 150 Å². The van der Waals surface area contributed by atoms with E-state index >= 15 is 0 Å². The second kappa shape index (κ2) is 7.41. The SMILES string of the molecule is FC(F)COc1ccc(CN2CCC[C@@H]2c2nc3ccccc3[nH]2)cc1. The van der Waals surface area contributed by atoms with Crippen LogP contribution in [0.25, 0.3) is 11.0 Å². The summed E-state index contributed by atoms with van der Waals surface area (Å²) in [7, 11) is 0. The smallest absolute Gasteiger partial charge is 0.272 e. The van der Waals surface area contributed by atoms with Crippen molar-refractivity contribution in [3.63, 3.8) is 0 Å². The number of hydrogen-bond acceptors (Lipinski definition) is 3. The van der Waals surface area contributed by atoms with Crippen LogP contribution < -0.4 is 4.74 Å². The lowest BCUT2D eigenvalue weighted by Gasteiger charge is -2.23. The molecule has 6 heteroatoms. The molecule has 4 rings (SSSR count). The molecule has 1 aliphatic heterocycles. The number of nitrogens with one attached hydrogen (secondary N) is 1. The highest BCUT2D eigenvalue weighted by atomic mass is 19.3. The number of nitrogens with zero attached hydrogens (tertiary/aromatic N) is 2. The van der Waals surface area contributed by atoms with Crippen LogP contribution in [0.5, 0.6) is 5.75 Å². The number of rotatable bonds is 6. The second-order valence-corrected chi connectivity index (χ2v) is 6.61. The van der Waals surface area contributed by atoms with Crippen LogP contribution in [-0.2, 0) is 6.54 Å². The molecule has 0 amide bonds. The van der Waals surface area contributed by atoms with Crippen molar-refractivity contribution in [2.45, 2.75) is 31.9 Å². The number of likely N-dealkylation sites (tertiary alicyclic amines) is 1. The van der Waals surface area contributed by atoms with Gasteiger partial charge in [-0.15, -0.1) is 0 Å². The van der Waals surface area contributed by atoms with Crippen LogP contribution in [0.3, 0.4) is 0 Å². The highest BCUT2D eigenvalue weighted by Gasteiger charge is 2.28. The zero-order valence-electron chi connectivity index (χ0n) is 14.4. The number of halogens is 2. The highest BCUT2D eigenvalue weighted by Crippen LogP contribution is 2.32. The predicted molar refractivity (Wildman–Crippen MR) is 96.4 cm³/mol. The third-order valence-corrected chi connectivity index (χ3v) is 4.77. The van der Waals surface area contributed by atoms with E-state index < -0.39 is 13.0 Å². The molecule has 0 bridgehead atoms. The Hall–Kier alpha value is -2.47. The number of benzene rings is 2. The van der Waals surface area contributed by atoms with Gasteiger partial charge >= 0.3 is 0 Å². The first-order chi connectivity index (χ1) is 12.7. The van der Waals surface area contributed by atoms with Crippen molar-refractivity contribution in [2.24, 2.45) is 0 Å². The van der Waals surface area contributed by atoms with Crippen molar-refractivity contribution in [2.75, 3.05) is 13.2 Å². The molecule has 2 aromatic carbocycles. The molecule has 3 aromatic rings. The minimum atomic E-state index is -2.45. The predicted octanol–water partition coefficient (Wildman–Crippen LogP) is 4.54. The third kappa shape index (κ3) is 3.70.